The Morgan fingerprint density at radius 1 is 1.20 bits per heavy atom. The van der Waals surface area contributed by atoms with Crippen molar-refractivity contribution in [1.82, 2.24) is 0 Å². The normalized spacial score (nSPS) is 12.1. The fourth-order valence-corrected chi connectivity index (χ4v) is 2.10. The van der Waals surface area contributed by atoms with Gasteiger partial charge in [0.15, 0.2) is 5.78 Å². The predicted molar refractivity (Wildman–Crippen MR) is 81.8 cm³/mol. The van der Waals surface area contributed by atoms with Crippen molar-refractivity contribution in [1.29, 1.82) is 0 Å². The minimum Gasteiger partial charge on any atom is -0.465 e. The summed E-state index contributed by atoms with van der Waals surface area (Å²) in [4.78, 5) is 24.1. The van der Waals surface area contributed by atoms with Crippen LogP contribution in [-0.2, 0) is 13.0 Å². The summed E-state index contributed by atoms with van der Waals surface area (Å²) in [6.45, 7) is 4.91. The number of carbonyl (C=O) groups is 2. The van der Waals surface area contributed by atoms with Gasteiger partial charge in [-0.25, -0.2) is 4.39 Å². The first kappa shape index (κ1) is 17.3. The Balaban J connectivity index is 3.01. The van der Waals surface area contributed by atoms with Gasteiger partial charge in [-0.1, -0.05) is 24.3 Å². The lowest BCUT2D eigenvalue weighted by atomic mass is 9.84. The van der Waals surface area contributed by atoms with E-state index < -0.39 is 14.9 Å². The highest BCUT2D eigenvalue weighted by Crippen LogP contribution is 2.39. The standard InChI is InChI=1S/C14H15Br2FO3/c1-4-20-12(19)13(2,3)11(18)9-5-7-10(8-6-9)14(15,16)17/h5-8H,4H2,1-3H3. The fourth-order valence-electron chi connectivity index (χ4n) is 1.58. The minimum absolute atomic E-state index is 0.214. The first-order chi connectivity index (χ1) is 9.10. The highest BCUT2D eigenvalue weighted by atomic mass is 79.9. The molecule has 0 fully saturated rings. The number of halogens is 3. The number of ketones is 1. The van der Waals surface area contributed by atoms with Gasteiger partial charge in [-0.05, 0) is 52.6 Å². The van der Waals surface area contributed by atoms with Crippen LogP contribution < -0.4 is 0 Å². The molecular weight excluding hydrogens is 395 g/mol. The Morgan fingerprint density at radius 2 is 1.70 bits per heavy atom. The Morgan fingerprint density at radius 3 is 2.10 bits per heavy atom. The third-order valence-corrected chi connectivity index (χ3v) is 3.74. The largest absolute Gasteiger partial charge is 0.465 e. The lowest BCUT2D eigenvalue weighted by Crippen LogP contribution is -2.35. The molecule has 1 aromatic rings. The summed E-state index contributed by atoms with van der Waals surface area (Å²) in [5, 5.41) is 0. The molecule has 20 heavy (non-hydrogen) atoms. The topological polar surface area (TPSA) is 43.4 Å². The van der Waals surface area contributed by atoms with E-state index in [0.717, 1.165) is 0 Å². The number of Topliss-reactive ketones (excluding diaryl/α,β-unsaturated/α-hetero) is 1. The van der Waals surface area contributed by atoms with Crippen LogP contribution in [-0.4, -0.2) is 18.4 Å². The molecule has 0 N–H and O–H groups in total. The highest BCUT2D eigenvalue weighted by molar-refractivity contribution is 9.24. The van der Waals surface area contributed by atoms with Crippen molar-refractivity contribution in [3.05, 3.63) is 35.4 Å². The zero-order valence-electron chi connectivity index (χ0n) is 11.4. The Bertz CT molecular complexity index is 504. The van der Waals surface area contributed by atoms with E-state index in [0.29, 0.717) is 11.1 Å². The van der Waals surface area contributed by atoms with Crippen molar-refractivity contribution in [2.24, 2.45) is 5.41 Å². The van der Waals surface area contributed by atoms with Crippen LogP contribution in [0.5, 0.6) is 0 Å². The SMILES string of the molecule is CCOC(=O)C(C)(C)C(=O)c1ccc(C(F)(Br)Br)cc1. The second-order valence-electron chi connectivity index (χ2n) is 4.75. The average molecular weight is 410 g/mol. The van der Waals surface area contributed by atoms with Gasteiger partial charge >= 0.3 is 5.97 Å². The number of rotatable bonds is 5. The van der Waals surface area contributed by atoms with E-state index in [-0.39, 0.29) is 12.4 Å². The summed E-state index contributed by atoms with van der Waals surface area (Å²) < 4.78 is 16.6. The lowest BCUT2D eigenvalue weighted by Gasteiger charge is -2.21. The van der Waals surface area contributed by atoms with E-state index >= 15 is 0 Å². The number of benzene rings is 1. The first-order valence-electron chi connectivity index (χ1n) is 6.00. The number of hydrogen-bond acceptors (Lipinski definition) is 3. The van der Waals surface area contributed by atoms with Crippen molar-refractivity contribution in [3.63, 3.8) is 0 Å². The second kappa shape index (κ2) is 6.35. The van der Waals surface area contributed by atoms with Crippen LogP contribution in [0.3, 0.4) is 0 Å². The molecule has 0 bridgehead atoms. The van der Waals surface area contributed by atoms with Gasteiger partial charge in [-0.2, -0.15) is 0 Å². The van der Waals surface area contributed by atoms with Crippen LogP contribution in [0.2, 0.25) is 0 Å². The molecule has 0 radical (unpaired) electrons. The lowest BCUT2D eigenvalue weighted by molar-refractivity contribution is -0.150. The molecule has 0 aliphatic heterocycles. The van der Waals surface area contributed by atoms with Crippen LogP contribution in [0.25, 0.3) is 0 Å². The fraction of sp³-hybridized carbons (Fsp3) is 0.429. The van der Waals surface area contributed by atoms with E-state index in [1.165, 1.54) is 38.1 Å². The average Bonchev–Trinajstić information content (AvgIpc) is 2.37. The minimum atomic E-state index is -1.84. The van der Waals surface area contributed by atoms with Crippen molar-refractivity contribution < 1.29 is 18.7 Å². The maximum absolute atomic E-state index is 13.6. The molecule has 0 aliphatic carbocycles. The third kappa shape index (κ3) is 3.88. The molecule has 110 valence electrons. The van der Waals surface area contributed by atoms with Crippen molar-refractivity contribution in [2.45, 2.75) is 24.3 Å². The number of alkyl halides is 3. The van der Waals surface area contributed by atoms with Crippen molar-refractivity contribution >= 4 is 43.6 Å². The van der Waals surface area contributed by atoms with Gasteiger partial charge in [0.1, 0.15) is 5.41 Å². The van der Waals surface area contributed by atoms with Crippen molar-refractivity contribution in [3.8, 4) is 0 Å². The van der Waals surface area contributed by atoms with Gasteiger partial charge in [-0.3, -0.25) is 9.59 Å². The summed E-state index contributed by atoms with van der Waals surface area (Å²) in [5.74, 6) is -0.939. The molecule has 0 amide bonds. The van der Waals surface area contributed by atoms with Crippen LogP contribution in [0.4, 0.5) is 4.39 Å². The molecule has 0 saturated heterocycles. The Kier molecular flexibility index (Phi) is 5.49. The van der Waals surface area contributed by atoms with Gasteiger partial charge < -0.3 is 4.74 Å². The second-order valence-corrected chi connectivity index (χ2v) is 8.00. The molecule has 0 saturated carbocycles. The molecule has 0 aromatic heterocycles. The molecule has 0 heterocycles. The van der Waals surface area contributed by atoms with E-state index in [1.54, 1.807) is 6.92 Å². The zero-order chi connectivity index (χ0) is 15.6. The smallest absolute Gasteiger partial charge is 0.319 e. The molecule has 0 spiro atoms. The monoisotopic (exact) mass is 408 g/mol. The van der Waals surface area contributed by atoms with Gasteiger partial charge in [0, 0.05) is 11.1 Å². The zero-order valence-corrected chi connectivity index (χ0v) is 14.5. The molecule has 1 aromatic carbocycles. The van der Waals surface area contributed by atoms with Gasteiger partial charge in [-0.15, -0.1) is 0 Å². The molecule has 0 aliphatic rings. The molecule has 6 heteroatoms. The molecule has 0 atom stereocenters. The Hall–Kier alpha value is -0.750. The Labute approximate surface area is 134 Å². The maximum Gasteiger partial charge on any atom is 0.319 e. The molecule has 0 unspecified atom stereocenters. The first-order valence-corrected chi connectivity index (χ1v) is 7.58. The summed E-state index contributed by atoms with van der Waals surface area (Å²) in [6, 6.07) is 5.90. The summed E-state index contributed by atoms with van der Waals surface area (Å²) in [5.41, 5.74) is -0.619. The van der Waals surface area contributed by atoms with Crippen molar-refractivity contribution in [2.75, 3.05) is 6.61 Å². The molecular formula is C14H15Br2FO3. The number of esters is 1. The summed E-state index contributed by atoms with van der Waals surface area (Å²) in [7, 11) is 0. The van der Waals surface area contributed by atoms with Crippen LogP contribution in [0.1, 0.15) is 36.7 Å². The van der Waals surface area contributed by atoms with E-state index in [1.807, 2.05) is 0 Å². The number of carbonyl (C=O) groups excluding carboxylic acids is 2. The van der Waals surface area contributed by atoms with E-state index in [4.69, 9.17) is 4.74 Å². The van der Waals surface area contributed by atoms with Crippen LogP contribution >= 0.6 is 31.9 Å². The quantitative estimate of drug-likeness (QED) is 0.314. The van der Waals surface area contributed by atoms with Gasteiger partial charge in [0.05, 0.1) is 6.61 Å². The summed E-state index contributed by atoms with van der Waals surface area (Å²) in [6.07, 6.45) is 0. The van der Waals surface area contributed by atoms with E-state index in [9.17, 15) is 14.0 Å². The number of ether oxygens (including phenoxy) is 1. The third-order valence-electron chi connectivity index (χ3n) is 2.83. The molecule has 1 rings (SSSR count). The van der Waals surface area contributed by atoms with Crippen LogP contribution in [0.15, 0.2) is 24.3 Å². The summed E-state index contributed by atoms with van der Waals surface area (Å²) >= 11 is 5.64. The van der Waals surface area contributed by atoms with Gasteiger partial charge in [0.2, 0.25) is 3.49 Å². The number of hydrogen-bond donors (Lipinski definition) is 0. The predicted octanol–water partition coefficient (Wildman–Crippen LogP) is 4.33. The van der Waals surface area contributed by atoms with Gasteiger partial charge in [0.25, 0.3) is 0 Å². The molecule has 3 nitrogen and oxygen atoms in total. The van der Waals surface area contributed by atoms with E-state index in [2.05, 4.69) is 31.9 Å². The maximum atomic E-state index is 13.6. The van der Waals surface area contributed by atoms with Crippen LogP contribution in [0, 0.1) is 5.41 Å². The highest BCUT2D eigenvalue weighted by Gasteiger charge is 2.38.